The van der Waals surface area contributed by atoms with Gasteiger partial charge in [-0.1, -0.05) is 81.8 Å². The second-order valence-corrected chi connectivity index (χ2v) is 18.6. The monoisotopic (exact) mass is 768 g/mol. The fourth-order valence-electron chi connectivity index (χ4n) is 7.13. The lowest BCUT2D eigenvalue weighted by molar-refractivity contribution is 0.0842. The van der Waals surface area contributed by atoms with Gasteiger partial charge in [0.25, 0.3) is 0 Å². The Morgan fingerprint density at radius 2 is 1.35 bits per heavy atom. The van der Waals surface area contributed by atoms with Crippen molar-refractivity contribution in [1.29, 1.82) is 0 Å². The molecule has 4 aromatic rings. The SMILES string of the molecule is COc1cc2c(c(OC)c1CCC(C)(C)Sc1ccccc1)C(=O)C[C@@H](c1ccc(OC)c(OC)c1C/C=C(/C)CCCC(C)(C)Sc1ccccc1)O2. The number of allylic oxidation sites excluding steroid dienone is 2. The summed E-state index contributed by atoms with van der Waals surface area (Å²) in [5, 5.41) is 0. The van der Waals surface area contributed by atoms with Crippen LogP contribution < -0.4 is 23.7 Å². The van der Waals surface area contributed by atoms with E-state index in [0.29, 0.717) is 47.2 Å². The van der Waals surface area contributed by atoms with E-state index in [1.54, 1.807) is 28.4 Å². The van der Waals surface area contributed by atoms with Crippen molar-refractivity contribution >= 4 is 29.3 Å². The van der Waals surface area contributed by atoms with Crippen LogP contribution in [-0.4, -0.2) is 43.7 Å². The van der Waals surface area contributed by atoms with E-state index in [0.717, 1.165) is 42.4 Å². The minimum absolute atomic E-state index is 0.0247. The molecule has 0 unspecified atom stereocenters. The average molecular weight is 769 g/mol. The molecule has 1 aliphatic rings. The Hall–Kier alpha value is -4.01. The predicted molar refractivity (Wildman–Crippen MR) is 224 cm³/mol. The molecule has 0 bridgehead atoms. The molecular formula is C46H56O6S2. The Morgan fingerprint density at radius 3 is 1.93 bits per heavy atom. The van der Waals surface area contributed by atoms with Gasteiger partial charge < -0.3 is 23.7 Å². The van der Waals surface area contributed by atoms with E-state index < -0.39 is 6.10 Å². The molecule has 0 saturated heterocycles. The first-order valence-electron chi connectivity index (χ1n) is 18.7. The van der Waals surface area contributed by atoms with Crippen LogP contribution in [0.3, 0.4) is 0 Å². The summed E-state index contributed by atoms with van der Waals surface area (Å²) in [4.78, 5) is 16.7. The molecule has 0 fully saturated rings. The zero-order valence-electron chi connectivity index (χ0n) is 33.4. The van der Waals surface area contributed by atoms with Gasteiger partial charge in [-0.05, 0) is 75.8 Å². The number of hydrogen-bond donors (Lipinski definition) is 0. The van der Waals surface area contributed by atoms with Crippen LogP contribution in [-0.2, 0) is 12.8 Å². The zero-order chi connectivity index (χ0) is 38.9. The molecule has 54 heavy (non-hydrogen) atoms. The van der Waals surface area contributed by atoms with Gasteiger partial charge in [-0.25, -0.2) is 0 Å². The number of thioether (sulfide) groups is 2. The number of benzene rings is 4. The van der Waals surface area contributed by atoms with Crippen molar-refractivity contribution in [2.24, 2.45) is 0 Å². The van der Waals surface area contributed by atoms with E-state index in [-0.39, 0.29) is 21.7 Å². The van der Waals surface area contributed by atoms with Crippen LogP contribution in [0.2, 0.25) is 0 Å². The lowest BCUT2D eigenvalue weighted by Crippen LogP contribution is -2.23. The Morgan fingerprint density at radius 1 is 0.759 bits per heavy atom. The summed E-state index contributed by atoms with van der Waals surface area (Å²) >= 11 is 3.77. The predicted octanol–water partition coefficient (Wildman–Crippen LogP) is 12.2. The minimum Gasteiger partial charge on any atom is -0.496 e. The van der Waals surface area contributed by atoms with Crippen LogP contribution in [0.25, 0.3) is 0 Å². The highest BCUT2D eigenvalue weighted by atomic mass is 32.2. The van der Waals surface area contributed by atoms with E-state index in [4.69, 9.17) is 23.7 Å². The Kier molecular flexibility index (Phi) is 14.1. The molecule has 0 amide bonds. The van der Waals surface area contributed by atoms with Gasteiger partial charge in [-0.2, -0.15) is 0 Å². The molecule has 5 rings (SSSR count). The summed E-state index contributed by atoms with van der Waals surface area (Å²) < 4.78 is 30.4. The fourth-order valence-corrected chi connectivity index (χ4v) is 9.44. The van der Waals surface area contributed by atoms with Gasteiger partial charge >= 0.3 is 0 Å². The molecule has 288 valence electrons. The van der Waals surface area contributed by atoms with Crippen LogP contribution in [0.4, 0.5) is 0 Å². The van der Waals surface area contributed by atoms with E-state index in [1.807, 2.05) is 47.8 Å². The van der Waals surface area contributed by atoms with Gasteiger partial charge in [-0.3, -0.25) is 4.79 Å². The van der Waals surface area contributed by atoms with Crippen LogP contribution >= 0.6 is 23.5 Å². The number of methoxy groups -OCH3 is 4. The number of ketones is 1. The zero-order valence-corrected chi connectivity index (χ0v) is 35.0. The van der Waals surface area contributed by atoms with E-state index >= 15 is 0 Å². The number of rotatable bonds is 18. The summed E-state index contributed by atoms with van der Waals surface area (Å²) in [5.74, 6) is 2.92. The topological polar surface area (TPSA) is 63.2 Å². The molecule has 0 spiro atoms. The lowest BCUT2D eigenvalue weighted by Gasteiger charge is -2.31. The molecule has 6 nitrogen and oxygen atoms in total. The molecule has 8 heteroatoms. The van der Waals surface area contributed by atoms with Gasteiger partial charge in [0, 0.05) is 42.0 Å². The van der Waals surface area contributed by atoms with Crippen molar-refractivity contribution in [3.63, 3.8) is 0 Å². The second kappa shape index (κ2) is 18.5. The normalized spacial score (nSPS) is 14.6. The van der Waals surface area contributed by atoms with Crippen LogP contribution in [0, 0.1) is 0 Å². The van der Waals surface area contributed by atoms with Crippen molar-refractivity contribution in [3.05, 3.63) is 113 Å². The van der Waals surface area contributed by atoms with Gasteiger partial charge in [0.05, 0.1) is 34.9 Å². The van der Waals surface area contributed by atoms with Crippen molar-refractivity contribution in [2.75, 3.05) is 28.4 Å². The third-order valence-corrected chi connectivity index (χ3v) is 12.5. The van der Waals surface area contributed by atoms with Crippen LogP contribution in [0.15, 0.2) is 100 Å². The molecule has 4 aromatic carbocycles. The summed E-state index contributed by atoms with van der Waals surface area (Å²) in [5.41, 5.74) is 4.52. The third kappa shape index (κ3) is 10.4. The Balaban J connectivity index is 1.36. The molecule has 1 atom stereocenters. The highest BCUT2D eigenvalue weighted by Gasteiger charge is 2.36. The summed E-state index contributed by atoms with van der Waals surface area (Å²) in [7, 11) is 6.58. The molecule has 0 aromatic heterocycles. The first-order valence-corrected chi connectivity index (χ1v) is 20.4. The number of carbonyl (C=O) groups excluding carboxylic acids is 1. The molecule has 0 saturated carbocycles. The van der Waals surface area contributed by atoms with Gasteiger partial charge in [0.15, 0.2) is 17.3 Å². The van der Waals surface area contributed by atoms with Gasteiger partial charge in [-0.15, -0.1) is 23.5 Å². The van der Waals surface area contributed by atoms with Gasteiger partial charge in [0.2, 0.25) is 0 Å². The standard InChI is InChI=1S/C46H56O6S2/c1-31(17-16-27-45(2,3)53-32-18-12-10-13-19-32)22-23-35-34(24-25-38(48-6)43(35)50-8)40-29-37(47)42-41(52-40)30-39(49-7)36(44(42)51-9)26-28-46(4,5)54-33-20-14-11-15-21-33/h10-15,18-22,24-25,30,40H,16-17,23,26-29H2,1-9H3/b31-22-/t40-/m0/s1. The molecule has 0 radical (unpaired) electrons. The highest BCUT2D eigenvalue weighted by molar-refractivity contribution is 8.00. The smallest absolute Gasteiger partial charge is 0.174 e. The second-order valence-electron chi connectivity index (χ2n) is 15.0. The van der Waals surface area contributed by atoms with Gasteiger partial charge in [0.1, 0.15) is 28.9 Å². The largest absolute Gasteiger partial charge is 0.496 e. The van der Waals surface area contributed by atoms with Crippen LogP contribution in [0.5, 0.6) is 28.7 Å². The number of fused-ring (bicyclic) bond motifs is 1. The van der Waals surface area contributed by atoms with Crippen molar-refractivity contribution in [3.8, 4) is 28.7 Å². The molecular weight excluding hydrogens is 713 g/mol. The number of carbonyl (C=O) groups is 1. The van der Waals surface area contributed by atoms with Crippen molar-refractivity contribution < 1.29 is 28.5 Å². The molecule has 0 aliphatic carbocycles. The quantitative estimate of drug-likeness (QED) is 0.0732. The summed E-state index contributed by atoms with van der Waals surface area (Å²) in [6, 6.07) is 26.8. The van der Waals surface area contributed by atoms with Crippen molar-refractivity contribution in [2.45, 2.75) is 105 Å². The molecule has 1 heterocycles. The Bertz CT molecular complexity index is 1900. The average Bonchev–Trinajstić information content (AvgIpc) is 3.15. The highest BCUT2D eigenvalue weighted by Crippen LogP contribution is 2.48. The maximum atomic E-state index is 14.1. The number of Topliss-reactive ketones (excluding diaryl/α,β-unsaturated/α-hetero) is 1. The fraction of sp³-hybridized carbons (Fsp3) is 0.413. The van der Waals surface area contributed by atoms with Crippen molar-refractivity contribution in [1.82, 2.24) is 0 Å². The lowest BCUT2D eigenvalue weighted by atomic mass is 9.89. The third-order valence-electron chi connectivity index (χ3n) is 9.94. The van der Waals surface area contributed by atoms with Crippen LogP contribution in [0.1, 0.15) is 99.9 Å². The van der Waals surface area contributed by atoms with E-state index in [9.17, 15) is 4.79 Å². The molecule has 0 N–H and O–H groups in total. The maximum absolute atomic E-state index is 14.1. The number of hydrogen-bond acceptors (Lipinski definition) is 8. The van der Waals surface area contributed by atoms with E-state index in [2.05, 4.69) is 95.3 Å². The Labute approximate surface area is 331 Å². The number of ether oxygens (including phenoxy) is 5. The minimum atomic E-state index is -0.522. The first-order chi connectivity index (χ1) is 25.9. The first kappa shape index (κ1) is 41.2. The maximum Gasteiger partial charge on any atom is 0.174 e. The summed E-state index contributed by atoms with van der Waals surface area (Å²) in [6.45, 7) is 11.3. The molecule has 1 aliphatic heterocycles. The summed E-state index contributed by atoms with van der Waals surface area (Å²) in [6.07, 6.45) is 7.25. The van der Waals surface area contributed by atoms with E-state index in [1.165, 1.54) is 15.4 Å².